The van der Waals surface area contributed by atoms with Crippen molar-refractivity contribution in [3.05, 3.63) is 47.5 Å². The second kappa shape index (κ2) is 5.86. The van der Waals surface area contributed by atoms with E-state index in [1.807, 2.05) is 19.9 Å². The van der Waals surface area contributed by atoms with E-state index in [1.54, 1.807) is 31.2 Å². The van der Waals surface area contributed by atoms with Crippen LogP contribution in [0.1, 0.15) is 42.7 Å². The maximum absolute atomic E-state index is 14.5. The molecule has 20 heavy (non-hydrogen) atoms. The van der Waals surface area contributed by atoms with Gasteiger partial charge < -0.3 is 4.74 Å². The zero-order valence-corrected chi connectivity index (χ0v) is 11.8. The van der Waals surface area contributed by atoms with Gasteiger partial charge in [-0.05, 0) is 25.0 Å². The summed E-state index contributed by atoms with van der Waals surface area (Å²) in [5, 5.41) is 4.22. The summed E-state index contributed by atoms with van der Waals surface area (Å²) in [7, 11) is 0. The molecular weight excluding hydrogens is 259 g/mol. The summed E-state index contributed by atoms with van der Waals surface area (Å²) in [4.78, 5) is 11.9. The molecule has 0 atom stereocenters. The van der Waals surface area contributed by atoms with E-state index in [0.29, 0.717) is 11.4 Å². The predicted octanol–water partition coefficient (Wildman–Crippen LogP) is 3.31. The normalized spacial score (nSPS) is 10.8. The molecule has 0 unspecified atom stereocenters. The van der Waals surface area contributed by atoms with E-state index in [0.717, 1.165) is 4.68 Å². The van der Waals surface area contributed by atoms with E-state index in [4.69, 9.17) is 4.74 Å². The Morgan fingerprint density at radius 1 is 1.35 bits per heavy atom. The van der Waals surface area contributed by atoms with Crippen LogP contribution in [0.5, 0.6) is 0 Å². The van der Waals surface area contributed by atoms with Crippen LogP contribution in [0.2, 0.25) is 0 Å². The first kappa shape index (κ1) is 14.2. The van der Waals surface area contributed by atoms with Gasteiger partial charge in [-0.1, -0.05) is 32.0 Å². The average Bonchev–Trinajstić information content (AvgIpc) is 2.78. The van der Waals surface area contributed by atoms with Crippen LogP contribution in [0, 0.1) is 5.95 Å². The molecule has 0 bridgehead atoms. The number of halogens is 1. The monoisotopic (exact) mass is 276 g/mol. The number of para-hydroxylation sites is 1. The number of esters is 1. The zero-order chi connectivity index (χ0) is 14.7. The Balaban J connectivity index is 2.57. The second-order valence-corrected chi connectivity index (χ2v) is 4.67. The first-order valence-corrected chi connectivity index (χ1v) is 6.57. The van der Waals surface area contributed by atoms with Gasteiger partial charge in [0.15, 0.2) is 0 Å². The third-order valence-corrected chi connectivity index (χ3v) is 2.88. The molecule has 2 aromatic rings. The highest BCUT2D eigenvalue weighted by Gasteiger charge is 2.27. The molecule has 0 aliphatic carbocycles. The molecule has 0 aliphatic heterocycles. The van der Waals surface area contributed by atoms with Crippen LogP contribution in [0.3, 0.4) is 0 Å². The van der Waals surface area contributed by atoms with Crippen LogP contribution in [-0.4, -0.2) is 22.4 Å². The average molecular weight is 276 g/mol. The third-order valence-electron chi connectivity index (χ3n) is 2.88. The number of carbonyl (C=O) groups excluding carboxylic acids is 1. The highest BCUT2D eigenvalue weighted by Crippen LogP contribution is 2.24. The molecule has 106 valence electrons. The summed E-state index contributed by atoms with van der Waals surface area (Å²) in [6.45, 7) is 5.61. The van der Waals surface area contributed by atoms with Gasteiger partial charge in [-0.15, -0.1) is 0 Å². The summed E-state index contributed by atoms with van der Waals surface area (Å²) in [6.07, 6.45) is 0. The Labute approximate surface area is 117 Å². The lowest BCUT2D eigenvalue weighted by molar-refractivity contribution is 0.0519. The number of rotatable bonds is 4. The summed E-state index contributed by atoms with van der Waals surface area (Å²) in [5.74, 6) is -1.43. The maximum Gasteiger partial charge on any atom is 0.344 e. The van der Waals surface area contributed by atoms with Crippen LogP contribution in [0.4, 0.5) is 4.39 Å². The van der Waals surface area contributed by atoms with Crippen LogP contribution in [0.25, 0.3) is 5.69 Å². The highest BCUT2D eigenvalue weighted by molar-refractivity contribution is 5.91. The van der Waals surface area contributed by atoms with Crippen LogP contribution < -0.4 is 0 Å². The second-order valence-electron chi connectivity index (χ2n) is 4.67. The molecule has 0 N–H and O–H groups in total. The quantitative estimate of drug-likeness (QED) is 0.805. The lowest BCUT2D eigenvalue weighted by atomic mass is 10.1. The Hall–Kier alpha value is -2.17. The Kier molecular flexibility index (Phi) is 4.17. The van der Waals surface area contributed by atoms with Gasteiger partial charge in [0.05, 0.1) is 18.0 Å². The molecule has 1 heterocycles. The summed E-state index contributed by atoms with van der Waals surface area (Å²) in [6, 6.07) is 8.87. The number of hydrogen-bond donors (Lipinski definition) is 0. The highest BCUT2D eigenvalue weighted by atomic mass is 19.1. The van der Waals surface area contributed by atoms with Crippen molar-refractivity contribution in [3.63, 3.8) is 0 Å². The van der Waals surface area contributed by atoms with Crippen molar-refractivity contribution < 1.29 is 13.9 Å². The molecule has 0 fully saturated rings. The minimum atomic E-state index is -0.682. The van der Waals surface area contributed by atoms with Crippen molar-refractivity contribution in [2.24, 2.45) is 0 Å². The Morgan fingerprint density at radius 2 is 2.00 bits per heavy atom. The number of benzene rings is 1. The van der Waals surface area contributed by atoms with E-state index < -0.39 is 11.9 Å². The van der Waals surface area contributed by atoms with Gasteiger partial charge >= 0.3 is 5.97 Å². The smallest absolute Gasteiger partial charge is 0.344 e. The molecule has 0 saturated carbocycles. The minimum Gasteiger partial charge on any atom is -0.462 e. The molecule has 1 aromatic carbocycles. The van der Waals surface area contributed by atoms with E-state index in [9.17, 15) is 9.18 Å². The van der Waals surface area contributed by atoms with Crippen molar-refractivity contribution in [1.82, 2.24) is 9.78 Å². The summed E-state index contributed by atoms with van der Waals surface area (Å²) < 4.78 is 20.6. The lowest BCUT2D eigenvalue weighted by Gasteiger charge is -2.04. The van der Waals surface area contributed by atoms with Gasteiger partial charge in [0.2, 0.25) is 5.95 Å². The lowest BCUT2D eigenvalue weighted by Crippen LogP contribution is -2.09. The SMILES string of the molecule is CCOC(=O)c1c(C(C)C)nn(-c2ccccc2)c1F. The first-order chi connectivity index (χ1) is 9.56. The Bertz CT molecular complexity index is 606. The van der Waals surface area contributed by atoms with Crippen molar-refractivity contribution in [2.75, 3.05) is 6.61 Å². The number of ether oxygens (including phenoxy) is 1. The van der Waals surface area contributed by atoms with E-state index in [-0.39, 0.29) is 18.1 Å². The number of carbonyl (C=O) groups is 1. The molecule has 2 rings (SSSR count). The van der Waals surface area contributed by atoms with Gasteiger partial charge in [-0.25, -0.2) is 9.48 Å². The van der Waals surface area contributed by atoms with E-state index in [2.05, 4.69) is 5.10 Å². The standard InChI is InChI=1S/C15H17FN2O2/c1-4-20-15(19)12-13(10(2)3)17-18(14(12)16)11-8-6-5-7-9-11/h5-10H,4H2,1-3H3. The van der Waals surface area contributed by atoms with Gasteiger partial charge in [0.25, 0.3) is 0 Å². The van der Waals surface area contributed by atoms with Crippen molar-refractivity contribution in [3.8, 4) is 5.69 Å². The summed E-state index contributed by atoms with van der Waals surface area (Å²) in [5.41, 5.74) is 0.901. The van der Waals surface area contributed by atoms with Crippen LogP contribution >= 0.6 is 0 Å². The number of hydrogen-bond acceptors (Lipinski definition) is 3. The molecule has 0 aliphatic rings. The molecule has 0 saturated heterocycles. The fraction of sp³-hybridized carbons (Fsp3) is 0.333. The largest absolute Gasteiger partial charge is 0.462 e. The van der Waals surface area contributed by atoms with E-state index in [1.165, 1.54) is 0 Å². The molecule has 0 spiro atoms. The van der Waals surface area contributed by atoms with Crippen molar-refractivity contribution in [2.45, 2.75) is 26.7 Å². The fourth-order valence-electron chi connectivity index (χ4n) is 1.95. The van der Waals surface area contributed by atoms with Crippen LogP contribution in [-0.2, 0) is 4.74 Å². The predicted molar refractivity (Wildman–Crippen MR) is 73.6 cm³/mol. The fourth-order valence-corrected chi connectivity index (χ4v) is 1.95. The van der Waals surface area contributed by atoms with Crippen LogP contribution in [0.15, 0.2) is 30.3 Å². The minimum absolute atomic E-state index is 0.0751. The molecule has 5 heteroatoms. The summed E-state index contributed by atoms with van der Waals surface area (Å²) >= 11 is 0. The Morgan fingerprint density at radius 3 is 2.55 bits per heavy atom. The van der Waals surface area contributed by atoms with Gasteiger partial charge in [-0.2, -0.15) is 9.49 Å². The van der Waals surface area contributed by atoms with Gasteiger partial charge in [0, 0.05) is 0 Å². The maximum atomic E-state index is 14.5. The third kappa shape index (κ3) is 2.57. The topological polar surface area (TPSA) is 44.1 Å². The molecular formula is C15H17FN2O2. The van der Waals surface area contributed by atoms with E-state index >= 15 is 0 Å². The van der Waals surface area contributed by atoms with Gasteiger partial charge in [-0.3, -0.25) is 0 Å². The van der Waals surface area contributed by atoms with Crippen molar-refractivity contribution in [1.29, 1.82) is 0 Å². The number of nitrogens with zero attached hydrogens (tertiary/aromatic N) is 2. The zero-order valence-electron chi connectivity index (χ0n) is 11.8. The van der Waals surface area contributed by atoms with Gasteiger partial charge in [0.1, 0.15) is 5.56 Å². The molecule has 0 radical (unpaired) electrons. The molecule has 1 aromatic heterocycles. The van der Waals surface area contributed by atoms with Crippen molar-refractivity contribution >= 4 is 5.97 Å². The molecule has 4 nitrogen and oxygen atoms in total. The number of aromatic nitrogens is 2. The molecule has 0 amide bonds. The first-order valence-electron chi connectivity index (χ1n) is 6.57.